The smallest absolute Gasteiger partial charge is 0.220 e. The van der Waals surface area contributed by atoms with Gasteiger partial charge >= 0.3 is 0 Å². The zero-order valence-electron chi connectivity index (χ0n) is 12.1. The van der Waals surface area contributed by atoms with E-state index in [-0.39, 0.29) is 5.91 Å². The van der Waals surface area contributed by atoms with Gasteiger partial charge in [0.15, 0.2) is 0 Å². The summed E-state index contributed by atoms with van der Waals surface area (Å²) >= 11 is 0. The van der Waals surface area contributed by atoms with Gasteiger partial charge in [-0.05, 0) is 25.7 Å². The van der Waals surface area contributed by atoms with Crippen LogP contribution >= 0.6 is 0 Å². The first-order valence-electron chi connectivity index (χ1n) is 7.13. The first-order valence-corrected chi connectivity index (χ1v) is 7.13. The second-order valence-corrected chi connectivity index (χ2v) is 4.96. The maximum atomic E-state index is 11.4. The summed E-state index contributed by atoms with van der Waals surface area (Å²) in [6.45, 7) is 4.38. The lowest BCUT2D eigenvalue weighted by atomic mass is 9.93. The lowest BCUT2D eigenvalue weighted by Crippen LogP contribution is -2.36. The molecule has 1 N–H and O–H groups in total. The largest absolute Gasteiger partial charge is 0.478 e. The molecule has 1 aliphatic heterocycles. The molecule has 1 aromatic heterocycles. The Morgan fingerprint density at radius 3 is 2.85 bits per heavy atom. The van der Waals surface area contributed by atoms with Gasteiger partial charge in [0.2, 0.25) is 11.8 Å². The first kappa shape index (κ1) is 14.6. The zero-order chi connectivity index (χ0) is 14.4. The fraction of sp³-hybridized carbons (Fsp3) is 0.643. The van der Waals surface area contributed by atoms with Crippen molar-refractivity contribution in [1.29, 1.82) is 0 Å². The Kier molecular flexibility index (Phi) is 5.15. The number of nitrogens with one attached hydrogen (secondary N) is 1. The number of carbonyl (C=O) groups excluding carboxylic acids is 1. The molecule has 0 atom stereocenters. The minimum Gasteiger partial charge on any atom is -0.478 e. The van der Waals surface area contributed by atoms with Crippen molar-refractivity contribution in [2.75, 3.05) is 31.6 Å². The number of piperidine rings is 1. The summed E-state index contributed by atoms with van der Waals surface area (Å²) in [4.78, 5) is 22.0. The van der Waals surface area contributed by atoms with Crippen molar-refractivity contribution in [3.8, 4) is 5.88 Å². The molecule has 2 heterocycles. The van der Waals surface area contributed by atoms with Gasteiger partial charge in [0, 0.05) is 32.6 Å². The summed E-state index contributed by atoms with van der Waals surface area (Å²) in [7, 11) is 1.69. The van der Waals surface area contributed by atoms with Crippen LogP contribution in [0.5, 0.6) is 5.88 Å². The van der Waals surface area contributed by atoms with E-state index in [1.54, 1.807) is 7.05 Å². The number of carbonyl (C=O) groups is 1. The summed E-state index contributed by atoms with van der Waals surface area (Å²) in [6.07, 6.45) is 4.19. The minimum absolute atomic E-state index is 0.129. The fourth-order valence-corrected chi connectivity index (χ4v) is 2.46. The van der Waals surface area contributed by atoms with Crippen LogP contribution in [0.4, 0.5) is 5.82 Å². The molecule has 110 valence electrons. The molecule has 1 amide bonds. The molecule has 0 bridgehead atoms. The van der Waals surface area contributed by atoms with Crippen molar-refractivity contribution in [3.05, 3.63) is 12.4 Å². The third-order valence-electron chi connectivity index (χ3n) is 3.61. The van der Waals surface area contributed by atoms with Crippen molar-refractivity contribution in [2.45, 2.75) is 26.2 Å². The highest BCUT2D eigenvalue weighted by Crippen LogP contribution is 2.25. The highest BCUT2D eigenvalue weighted by Gasteiger charge is 2.22. The van der Waals surface area contributed by atoms with Crippen molar-refractivity contribution in [3.63, 3.8) is 0 Å². The predicted molar refractivity (Wildman–Crippen MR) is 76.8 cm³/mol. The molecule has 0 aromatic carbocycles. The summed E-state index contributed by atoms with van der Waals surface area (Å²) in [6, 6.07) is 1.88. The standard InChI is InChI=1S/C14H22N4O2/c1-3-20-14-9-12(16-10-17-14)18-6-4-11(5-7-18)8-13(19)15-2/h9-11H,3-8H2,1-2H3,(H,15,19). The van der Waals surface area contributed by atoms with E-state index in [1.807, 2.05) is 13.0 Å². The second kappa shape index (κ2) is 7.07. The van der Waals surface area contributed by atoms with Gasteiger partial charge in [-0.2, -0.15) is 0 Å². The van der Waals surface area contributed by atoms with Crippen LogP contribution in [0.1, 0.15) is 26.2 Å². The number of anilines is 1. The summed E-state index contributed by atoms with van der Waals surface area (Å²) in [5, 5.41) is 2.69. The number of ether oxygens (including phenoxy) is 1. The molecule has 1 saturated heterocycles. The number of nitrogens with zero attached hydrogens (tertiary/aromatic N) is 3. The molecule has 6 heteroatoms. The van der Waals surface area contributed by atoms with E-state index < -0.39 is 0 Å². The molecular formula is C14H22N4O2. The number of rotatable bonds is 5. The Hall–Kier alpha value is -1.85. The van der Waals surface area contributed by atoms with Crippen LogP contribution in [-0.2, 0) is 4.79 Å². The first-order chi connectivity index (χ1) is 9.72. The highest BCUT2D eigenvalue weighted by molar-refractivity contribution is 5.75. The Bertz CT molecular complexity index is 445. The van der Waals surface area contributed by atoms with Gasteiger partial charge in [-0.25, -0.2) is 9.97 Å². The van der Waals surface area contributed by atoms with E-state index in [0.29, 0.717) is 24.8 Å². The lowest BCUT2D eigenvalue weighted by molar-refractivity contribution is -0.121. The average Bonchev–Trinajstić information content (AvgIpc) is 2.48. The van der Waals surface area contributed by atoms with E-state index in [4.69, 9.17) is 4.74 Å². The fourth-order valence-electron chi connectivity index (χ4n) is 2.46. The van der Waals surface area contributed by atoms with Crippen molar-refractivity contribution < 1.29 is 9.53 Å². The monoisotopic (exact) mass is 278 g/mol. The van der Waals surface area contributed by atoms with Crippen LogP contribution in [0.15, 0.2) is 12.4 Å². The van der Waals surface area contributed by atoms with Gasteiger partial charge in [0.25, 0.3) is 0 Å². The van der Waals surface area contributed by atoms with Gasteiger partial charge in [-0.1, -0.05) is 0 Å². The highest BCUT2D eigenvalue weighted by atomic mass is 16.5. The molecule has 6 nitrogen and oxygen atoms in total. The predicted octanol–water partition coefficient (Wildman–Crippen LogP) is 1.23. The Balaban J connectivity index is 1.90. The Labute approximate surface area is 119 Å². The molecule has 1 aromatic rings. The van der Waals surface area contributed by atoms with E-state index in [9.17, 15) is 4.79 Å². The van der Waals surface area contributed by atoms with Crippen molar-refractivity contribution in [1.82, 2.24) is 15.3 Å². The van der Waals surface area contributed by atoms with Crippen LogP contribution in [0.2, 0.25) is 0 Å². The molecule has 0 aliphatic carbocycles. The van der Waals surface area contributed by atoms with Gasteiger partial charge in [0.05, 0.1) is 6.61 Å². The van der Waals surface area contributed by atoms with E-state index >= 15 is 0 Å². The Morgan fingerprint density at radius 2 is 2.20 bits per heavy atom. The molecule has 0 spiro atoms. The Morgan fingerprint density at radius 1 is 1.45 bits per heavy atom. The maximum absolute atomic E-state index is 11.4. The van der Waals surface area contributed by atoms with Crippen molar-refractivity contribution >= 4 is 11.7 Å². The van der Waals surface area contributed by atoms with Gasteiger partial charge in [0.1, 0.15) is 12.1 Å². The van der Waals surface area contributed by atoms with Gasteiger partial charge in [-0.15, -0.1) is 0 Å². The minimum atomic E-state index is 0.129. The molecule has 0 saturated carbocycles. The number of amides is 1. The topological polar surface area (TPSA) is 67.3 Å². The number of hydrogen-bond acceptors (Lipinski definition) is 5. The van der Waals surface area contributed by atoms with E-state index in [0.717, 1.165) is 31.7 Å². The van der Waals surface area contributed by atoms with Gasteiger partial charge in [-0.3, -0.25) is 4.79 Å². The molecule has 1 aliphatic rings. The molecular weight excluding hydrogens is 256 g/mol. The SMILES string of the molecule is CCOc1cc(N2CCC(CC(=O)NC)CC2)ncn1. The number of hydrogen-bond donors (Lipinski definition) is 1. The van der Waals surface area contributed by atoms with Crippen LogP contribution in [0, 0.1) is 5.92 Å². The average molecular weight is 278 g/mol. The second-order valence-electron chi connectivity index (χ2n) is 4.96. The van der Waals surface area contributed by atoms with E-state index in [2.05, 4.69) is 20.2 Å². The molecule has 20 heavy (non-hydrogen) atoms. The van der Waals surface area contributed by atoms with E-state index in [1.165, 1.54) is 6.33 Å². The van der Waals surface area contributed by atoms with Crippen LogP contribution < -0.4 is 15.0 Å². The summed E-state index contributed by atoms with van der Waals surface area (Å²) < 4.78 is 5.39. The van der Waals surface area contributed by atoms with Crippen LogP contribution in [0.25, 0.3) is 0 Å². The summed E-state index contributed by atoms with van der Waals surface area (Å²) in [5.41, 5.74) is 0. The van der Waals surface area contributed by atoms with Gasteiger partial charge < -0.3 is 15.0 Å². The zero-order valence-corrected chi connectivity index (χ0v) is 12.1. The molecule has 0 unspecified atom stereocenters. The third kappa shape index (κ3) is 3.82. The number of aromatic nitrogens is 2. The third-order valence-corrected chi connectivity index (χ3v) is 3.61. The normalized spacial score (nSPS) is 16.0. The van der Waals surface area contributed by atoms with Crippen LogP contribution in [0.3, 0.4) is 0 Å². The lowest BCUT2D eigenvalue weighted by Gasteiger charge is -2.32. The molecule has 2 rings (SSSR count). The quantitative estimate of drug-likeness (QED) is 0.877. The molecule has 1 fully saturated rings. The van der Waals surface area contributed by atoms with Crippen LogP contribution in [-0.4, -0.2) is 42.6 Å². The maximum Gasteiger partial charge on any atom is 0.220 e. The molecule has 0 radical (unpaired) electrons. The van der Waals surface area contributed by atoms with Crippen molar-refractivity contribution in [2.24, 2.45) is 5.92 Å². The summed E-state index contributed by atoms with van der Waals surface area (Å²) in [5.74, 6) is 2.12.